The topological polar surface area (TPSA) is 112 Å². The van der Waals surface area contributed by atoms with Gasteiger partial charge in [0, 0.05) is 0 Å². The molecule has 4 N–H and O–H groups in total. The van der Waals surface area contributed by atoms with Crippen molar-refractivity contribution in [3.05, 3.63) is 12.7 Å². The highest BCUT2D eigenvalue weighted by Crippen LogP contribution is 1.90. The number of guanidine groups is 1. The third-order valence-electron chi connectivity index (χ3n) is 1.02. The van der Waals surface area contributed by atoms with Gasteiger partial charge < -0.3 is 15.8 Å². The highest BCUT2D eigenvalue weighted by Gasteiger charge is 2.08. The summed E-state index contributed by atoms with van der Waals surface area (Å²) in [6.45, 7) is 3.06. The Balaban J connectivity index is 3.81. The van der Waals surface area contributed by atoms with Crippen LogP contribution in [-0.4, -0.2) is 24.6 Å². The summed E-state index contributed by atoms with van der Waals surface area (Å²) in [5, 5.41) is 17.3. The molecule has 6 nitrogen and oxygen atoms in total. The van der Waals surface area contributed by atoms with E-state index in [9.17, 15) is 4.79 Å². The van der Waals surface area contributed by atoms with Crippen LogP contribution in [0.15, 0.2) is 12.7 Å². The Kier molecular flexibility index (Phi) is 4.72. The lowest BCUT2D eigenvalue weighted by Crippen LogP contribution is -2.36. The highest BCUT2D eigenvalue weighted by atomic mass is 16.5. The number of ether oxygens (including phenoxy) is 1. The lowest BCUT2D eigenvalue weighted by molar-refractivity contribution is -0.143. The first kappa shape index (κ1) is 11.0. The molecule has 0 spiro atoms. The molecule has 1 atom stereocenters. The van der Waals surface area contributed by atoms with Gasteiger partial charge in [-0.2, -0.15) is 5.26 Å². The highest BCUT2D eigenvalue weighted by molar-refractivity contribution is 5.81. The zero-order chi connectivity index (χ0) is 10.3. The van der Waals surface area contributed by atoms with Crippen LogP contribution in [0, 0.1) is 16.7 Å². The molecule has 1 unspecified atom stereocenters. The monoisotopic (exact) mass is 182 g/mol. The molecule has 13 heavy (non-hydrogen) atoms. The van der Waals surface area contributed by atoms with E-state index in [1.165, 1.54) is 6.08 Å². The average Bonchev–Trinajstić information content (AvgIpc) is 2.10. The molecule has 0 fully saturated rings. The van der Waals surface area contributed by atoms with Gasteiger partial charge in [-0.1, -0.05) is 6.58 Å². The molecular formula is C7H10N4O2. The normalized spacial score (nSPS) is 10.7. The Hall–Kier alpha value is -2.03. The minimum atomic E-state index is -0.957. The predicted octanol–water partition coefficient (Wildman–Crippen LogP) is -0.909. The number of esters is 1. The number of nitrogens with zero attached hydrogens (tertiary/aromatic N) is 1. The van der Waals surface area contributed by atoms with E-state index in [0.717, 1.165) is 0 Å². The van der Waals surface area contributed by atoms with E-state index < -0.39 is 12.1 Å². The minimum absolute atomic E-state index is 0.235. The van der Waals surface area contributed by atoms with E-state index >= 15 is 0 Å². The molecular weight excluding hydrogens is 172 g/mol. The number of rotatable bonds is 4. The largest absolute Gasteiger partial charge is 0.441 e. The summed E-state index contributed by atoms with van der Waals surface area (Å²) >= 11 is 0. The number of nitriles is 1. The molecule has 0 bridgehead atoms. The van der Waals surface area contributed by atoms with Crippen LogP contribution < -0.4 is 11.1 Å². The summed E-state index contributed by atoms with van der Waals surface area (Å²) in [5.74, 6) is -0.995. The lowest BCUT2D eigenvalue weighted by Gasteiger charge is -2.06. The van der Waals surface area contributed by atoms with Crippen LogP contribution >= 0.6 is 0 Å². The number of hydrogen-bond donors (Lipinski definition) is 3. The lowest BCUT2D eigenvalue weighted by atomic mass is 10.4. The number of nitrogens with one attached hydrogen (secondary N) is 2. The van der Waals surface area contributed by atoms with Gasteiger partial charge in [-0.05, 0) is 6.08 Å². The summed E-state index contributed by atoms with van der Waals surface area (Å²) < 4.78 is 4.57. The zero-order valence-electron chi connectivity index (χ0n) is 6.91. The van der Waals surface area contributed by atoms with Crippen LogP contribution in [0.3, 0.4) is 0 Å². The fourth-order valence-corrected chi connectivity index (χ4v) is 0.478. The molecule has 0 aromatic carbocycles. The predicted molar refractivity (Wildman–Crippen MR) is 45.6 cm³/mol. The van der Waals surface area contributed by atoms with Gasteiger partial charge in [0.15, 0.2) is 5.96 Å². The smallest absolute Gasteiger partial charge is 0.327 e. The molecule has 0 aliphatic heterocycles. The van der Waals surface area contributed by atoms with Crippen LogP contribution in [-0.2, 0) is 9.53 Å². The molecule has 0 saturated carbocycles. The summed E-state index contributed by atoms with van der Waals surface area (Å²) in [4.78, 5) is 10.8. The second-order valence-electron chi connectivity index (χ2n) is 2.04. The number of hydrogen-bond acceptors (Lipinski definition) is 4. The summed E-state index contributed by atoms with van der Waals surface area (Å²) in [6.07, 6.45) is 0.243. The Morgan fingerprint density at radius 2 is 2.54 bits per heavy atom. The van der Waals surface area contributed by atoms with Crippen LogP contribution in [0.5, 0.6) is 0 Å². The molecule has 6 heteroatoms. The maximum atomic E-state index is 10.8. The average molecular weight is 182 g/mol. The van der Waals surface area contributed by atoms with Crippen molar-refractivity contribution < 1.29 is 9.53 Å². The van der Waals surface area contributed by atoms with Gasteiger partial charge in [0.1, 0.15) is 12.6 Å². The molecule has 0 rings (SSSR count). The second-order valence-corrected chi connectivity index (χ2v) is 2.04. The minimum Gasteiger partial charge on any atom is -0.441 e. The number of carbonyl (C=O) groups is 1. The first-order valence-electron chi connectivity index (χ1n) is 3.39. The molecule has 0 amide bonds. The van der Waals surface area contributed by atoms with Gasteiger partial charge in [-0.15, -0.1) is 0 Å². The second kappa shape index (κ2) is 5.60. The number of nitrogens with two attached hydrogens (primary N) is 1. The maximum absolute atomic E-state index is 10.8. The van der Waals surface area contributed by atoms with Crippen molar-refractivity contribution in [1.82, 2.24) is 5.32 Å². The van der Waals surface area contributed by atoms with Crippen LogP contribution in [0.25, 0.3) is 0 Å². The van der Waals surface area contributed by atoms with E-state index in [2.05, 4.69) is 16.6 Å². The van der Waals surface area contributed by atoms with Gasteiger partial charge in [-0.25, -0.2) is 0 Å². The van der Waals surface area contributed by atoms with E-state index in [0.29, 0.717) is 0 Å². The molecule has 0 aliphatic rings. The summed E-state index contributed by atoms with van der Waals surface area (Å²) in [5.41, 5.74) is 4.92. The molecule has 0 aliphatic carbocycles. The SMILES string of the molecule is C=CC(C#N)OC(=O)CNC(=N)N. The van der Waals surface area contributed by atoms with Crippen molar-refractivity contribution >= 4 is 11.9 Å². The number of carbonyl (C=O) groups excluding carboxylic acids is 1. The Morgan fingerprint density at radius 3 is 2.92 bits per heavy atom. The van der Waals surface area contributed by atoms with Crippen LogP contribution in [0.1, 0.15) is 0 Å². The van der Waals surface area contributed by atoms with E-state index in [1.807, 2.05) is 0 Å². The fourth-order valence-electron chi connectivity index (χ4n) is 0.478. The molecule has 0 heterocycles. The Bertz CT molecular complexity index is 256. The van der Waals surface area contributed by atoms with Crippen LogP contribution in [0.4, 0.5) is 0 Å². The molecule has 0 aromatic rings. The van der Waals surface area contributed by atoms with E-state index in [-0.39, 0.29) is 12.5 Å². The van der Waals surface area contributed by atoms with Gasteiger partial charge in [0.2, 0.25) is 6.10 Å². The quantitative estimate of drug-likeness (QED) is 0.225. The first-order chi connectivity index (χ1) is 6.10. The summed E-state index contributed by atoms with van der Waals surface area (Å²) in [7, 11) is 0. The maximum Gasteiger partial charge on any atom is 0.327 e. The van der Waals surface area contributed by atoms with Gasteiger partial charge in [-0.3, -0.25) is 10.2 Å². The van der Waals surface area contributed by atoms with E-state index in [1.54, 1.807) is 6.07 Å². The Morgan fingerprint density at radius 1 is 1.92 bits per heavy atom. The third kappa shape index (κ3) is 5.26. The molecule has 0 aromatic heterocycles. The van der Waals surface area contributed by atoms with Gasteiger partial charge >= 0.3 is 5.97 Å². The fraction of sp³-hybridized carbons (Fsp3) is 0.286. The van der Waals surface area contributed by atoms with Crippen molar-refractivity contribution in [2.75, 3.05) is 6.54 Å². The summed E-state index contributed by atoms with van der Waals surface area (Å²) in [6, 6.07) is 1.70. The van der Waals surface area contributed by atoms with Gasteiger partial charge in [0.25, 0.3) is 0 Å². The van der Waals surface area contributed by atoms with Crippen molar-refractivity contribution in [3.8, 4) is 6.07 Å². The zero-order valence-corrected chi connectivity index (χ0v) is 6.91. The first-order valence-corrected chi connectivity index (χ1v) is 3.39. The standard InChI is InChI=1S/C7H10N4O2/c1-2-5(3-8)13-6(12)4-11-7(9)10/h2,5H,1,4H2,(H4,9,10,11). The Labute approximate surface area is 75.5 Å². The van der Waals surface area contributed by atoms with Crippen molar-refractivity contribution in [2.45, 2.75) is 6.10 Å². The molecule has 0 radical (unpaired) electrons. The van der Waals surface area contributed by atoms with Gasteiger partial charge in [0.05, 0.1) is 0 Å². The molecule has 0 saturated heterocycles. The third-order valence-corrected chi connectivity index (χ3v) is 1.02. The van der Waals surface area contributed by atoms with E-state index in [4.69, 9.17) is 16.4 Å². The van der Waals surface area contributed by atoms with Crippen molar-refractivity contribution in [2.24, 2.45) is 5.73 Å². The van der Waals surface area contributed by atoms with Crippen molar-refractivity contribution in [3.63, 3.8) is 0 Å². The van der Waals surface area contributed by atoms with Crippen LogP contribution in [0.2, 0.25) is 0 Å². The van der Waals surface area contributed by atoms with Crippen molar-refractivity contribution in [1.29, 1.82) is 10.7 Å². The molecule has 70 valence electrons.